The molecule has 1 N–H and O–H groups in total. The molecule has 218 valence electrons. The van der Waals surface area contributed by atoms with Crippen molar-refractivity contribution in [1.82, 2.24) is 10.3 Å². The zero-order valence-corrected chi connectivity index (χ0v) is 26.6. The number of aromatic nitrogens is 1. The highest BCUT2D eigenvalue weighted by Crippen LogP contribution is 2.40. The molecule has 1 aliphatic carbocycles. The molecular formula is C33H39BrClN3O3. The summed E-state index contributed by atoms with van der Waals surface area (Å²) in [6, 6.07) is 13.5. The van der Waals surface area contributed by atoms with Crippen molar-refractivity contribution in [3.05, 3.63) is 68.7 Å². The lowest BCUT2D eigenvalue weighted by Crippen LogP contribution is -2.38. The Morgan fingerprint density at radius 3 is 2.54 bits per heavy atom. The highest BCUT2D eigenvalue weighted by molar-refractivity contribution is 9.10. The van der Waals surface area contributed by atoms with Crippen LogP contribution in [0.1, 0.15) is 80.3 Å². The smallest absolute Gasteiger partial charge is 0.306 e. The van der Waals surface area contributed by atoms with E-state index in [-0.39, 0.29) is 24.2 Å². The standard InChI is InChI=1S/C33H39BrClN3O3/c1-20-30(26-16-24(34)12-13-28(26)37-31(20)38-18-21-9-10-22(15-21)19-38)32(40)36-17-23(25-7-5-6-8-27(25)35)11-14-29(39)41-33(2,3)4/h5-8,12-13,16,21-23H,9-11,14-15,17-19H2,1-4H3,(H,36,40). The van der Waals surface area contributed by atoms with Crippen molar-refractivity contribution in [2.75, 3.05) is 24.5 Å². The van der Waals surface area contributed by atoms with E-state index in [0.717, 1.165) is 45.4 Å². The van der Waals surface area contributed by atoms with Crippen LogP contribution in [0.3, 0.4) is 0 Å². The van der Waals surface area contributed by atoms with E-state index in [1.54, 1.807) is 0 Å². The Morgan fingerprint density at radius 1 is 1.15 bits per heavy atom. The number of amides is 1. The molecule has 2 heterocycles. The number of benzene rings is 2. The Hall–Kier alpha value is -2.64. The molecule has 2 bridgehead atoms. The second-order valence-electron chi connectivity index (χ2n) is 12.6. The third kappa shape index (κ3) is 7.06. The molecular weight excluding hydrogens is 602 g/mol. The Labute approximate surface area is 256 Å². The average Bonchev–Trinajstić information content (AvgIpc) is 3.25. The molecule has 6 nitrogen and oxygen atoms in total. The lowest BCUT2D eigenvalue weighted by Gasteiger charge is -2.34. The van der Waals surface area contributed by atoms with E-state index in [2.05, 4.69) is 26.1 Å². The lowest BCUT2D eigenvalue weighted by molar-refractivity contribution is -0.155. The Balaban J connectivity index is 1.42. The summed E-state index contributed by atoms with van der Waals surface area (Å²) in [6.45, 7) is 9.92. The maximum absolute atomic E-state index is 14.0. The Kier molecular flexibility index (Phi) is 8.95. The number of piperidine rings is 1. The molecule has 0 spiro atoms. The average molecular weight is 641 g/mol. The molecule has 2 aromatic carbocycles. The molecule has 1 aliphatic heterocycles. The van der Waals surface area contributed by atoms with E-state index < -0.39 is 5.60 Å². The second-order valence-corrected chi connectivity index (χ2v) is 13.9. The van der Waals surface area contributed by atoms with Gasteiger partial charge in [0.1, 0.15) is 11.4 Å². The fourth-order valence-electron chi connectivity index (χ4n) is 6.46. The molecule has 2 aliphatic rings. The van der Waals surface area contributed by atoms with Crippen molar-refractivity contribution >= 4 is 56.1 Å². The van der Waals surface area contributed by atoms with Gasteiger partial charge in [-0.1, -0.05) is 45.7 Å². The van der Waals surface area contributed by atoms with Gasteiger partial charge in [-0.25, -0.2) is 4.98 Å². The minimum absolute atomic E-state index is 0.149. The van der Waals surface area contributed by atoms with Crippen LogP contribution >= 0.6 is 27.5 Å². The largest absolute Gasteiger partial charge is 0.460 e. The third-order valence-electron chi connectivity index (χ3n) is 8.27. The zero-order valence-electron chi connectivity index (χ0n) is 24.3. The number of ether oxygens (including phenoxy) is 1. The first-order valence-corrected chi connectivity index (χ1v) is 15.7. The number of fused-ring (bicyclic) bond motifs is 3. The van der Waals surface area contributed by atoms with Crippen LogP contribution in [0.2, 0.25) is 5.02 Å². The summed E-state index contributed by atoms with van der Waals surface area (Å²) >= 11 is 10.2. The summed E-state index contributed by atoms with van der Waals surface area (Å²) in [4.78, 5) is 34.0. The highest BCUT2D eigenvalue weighted by atomic mass is 79.9. The molecule has 1 aromatic heterocycles. The number of halogens is 2. The zero-order chi connectivity index (χ0) is 29.3. The van der Waals surface area contributed by atoms with Crippen molar-refractivity contribution < 1.29 is 14.3 Å². The van der Waals surface area contributed by atoms with Gasteiger partial charge in [-0.15, -0.1) is 0 Å². The number of anilines is 1. The van der Waals surface area contributed by atoms with E-state index in [0.29, 0.717) is 35.4 Å². The maximum atomic E-state index is 14.0. The minimum Gasteiger partial charge on any atom is -0.460 e. The molecule has 3 unspecified atom stereocenters. The number of carbonyl (C=O) groups is 2. The van der Waals surface area contributed by atoms with Gasteiger partial charge in [0.25, 0.3) is 5.91 Å². The van der Waals surface area contributed by atoms with Crippen LogP contribution in [0.25, 0.3) is 10.9 Å². The predicted molar refractivity (Wildman–Crippen MR) is 169 cm³/mol. The van der Waals surface area contributed by atoms with Gasteiger partial charge < -0.3 is 15.0 Å². The van der Waals surface area contributed by atoms with Crippen LogP contribution in [0.15, 0.2) is 46.9 Å². The van der Waals surface area contributed by atoms with Crippen LogP contribution in [0.5, 0.6) is 0 Å². The molecule has 1 saturated carbocycles. The van der Waals surface area contributed by atoms with Crippen LogP contribution in [-0.4, -0.2) is 42.1 Å². The van der Waals surface area contributed by atoms with Gasteiger partial charge in [0, 0.05) is 52.4 Å². The molecule has 1 amide bonds. The first-order valence-electron chi connectivity index (χ1n) is 14.6. The topological polar surface area (TPSA) is 71.5 Å². The fourth-order valence-corrected chi connectivity index (χ4v) is 7.11. The number of rotatable bonds is 8. The summed E-state index contributed by atoms with van der Waals surface area (Å²) in [5.41, 5.74) is 2.71. The number of nitrogens with one attached hydrogen (secondary N) is 1. The molecule has 3 aromatic rings. The molecule has 41 heavy (non-hydrogen) atoms. The summed E-state index contributed by atoms with van der Waals surface area (Å²) < 4.78 is 6.44. The van der Waals surface area contributed by atoms with Gasteiger partial charge in [0.2, 0.25) is 0 Å². The normalized spacial score (nSPS) is 19.3. The molecule has 8 heteroatoms. The number of esters is 1. The number of hydrogen-bond donors (Lipinski definition) is 1. The van der Waals surface area contributed by atoms with Crippen molar-refractivity contribution in [3.8, 4) is 0 Å². The fraction of sp³-hybridized carbons (Fsp3) is 0.485. The monoisotopic (exact) mass is 639 g/mol. The van der Waals surface area contributed by atoms with Crippen LogP contribution in [-0.2, 0) is 9.53 Å². The third-order valence-corrected chi connectivity index (χ3v) is 9.11. The quantitative estimate of drug-likeness (QED) is 0.254. The molecule has 1 saturated heterocycles. The first-order chi connectivity index (χ1) is 19.5. The van der Waals surface area contributed by atoms with Gasteiger partial charge >= 0.3 is 5.97 Å². The predicted octanol–water partition coefficient (Wildman–Crippen LogP) is 7.83. The van der Waals surface area contributed by atoms with E-state index in [1.165, 1.54) is 19.3 Å². The van der Waals surface area contributed by atoms with Crippen molar-refractivity contribution in [2.24, 2.45) is 11.8 Å². The summed E-state index contributed by atoms with van der Waals surface area (Å²) in [7, 11) is 0. The van der Waals surface area contributed by atoms with Crippen molar-refractivity contribution in [3.63, 3.8) is 0 Å². The van der Waals surface area contributed by atoms with Gasteiger partial charge in [0.15, 0.2) is 0 Å². The van der Waals surface area contributed by atoms with Gasteiger partial charge in [-0.3, -0.25) is 9.59 Å². The SMILES string of the molecule is Cc1c(N2CC3CCC(C3)C2)nc2ccc(Br)cc2c1C(=O)NCC(CCC(=O)OC(C)(C)C)c1ccccc1Cl. The van der Waals surface area contributed by atoms with E-state index in [1.807, 2.05) is 70.2 Å². The van der Waals surface area contributed by atoms with Crippen molar-refractivity contribution in [2.45, 2.75) is 71.3 Å². The van der Waals surface area contributed by atoms with Gasteiger partial charge in [0.05, 0.1) is 11.1 Å². The molecule has 0 radical (unpaired) electrons. The van der Waals surface area contributed by atoms with Crippen molar-refractivity contribution in [1.29, 1.82) is 0 Å². The van der Waals surface area contributed by atoms with Crippen LogP contribution in [0.4, 0.5) is 5.82 Å². The summed E-state index contributed by atoms with van der Waals surface area (Å²) in [6.07, 6.45) is 4.59. The molecule has 5 rings (SSSR count). The molecule has 3 atom stereocenters. The lowest BCUT2D eigenvalue weighted by atomic mass is 9.93. The van der Waals surface area contributed by atoms with Gasteiger partial charge in [-0.05, 0) is 95.0 Å². The molecule has 2 fully saturated rings. The van der Waals surface area contributed by atoms with E-state index in [4.69, 9.17) is 21.3 Å². The van der Waals surface area contributed by atoms with Crippen LogP contribution < -0.4 is 10.2 Å². The van der Waals surface area contributed by atoms with E-state index >= 15 is 0 Å². The summed E-state index contributed by atoms with van der Waals surface area (Å²) in [5.74, 6) is 1.75. The number of pyridine rings is 1. The second kappa shape index (κ2) is 12.3. The van der Waals surface area contributed by atoms with Crippen LogP contribution in [0, 0.1) is 18.8 Å². The first kappa shape index (κ1) is 29.8. The van der Waals surface area contributed by atoms with E-state index in [9.17, 15) is 9.59 Å². The maximum Gasteiger partial charge on any atom is 0.306 e. The number of nitrogens with zero attached hydrogens (tertiary/aromatic N) is 2. The number of carbonyl (C=O) groups excluding carboxylic acids is 2. The highest BCUT2D eigenvalue weighted by Gasteiger charge is 2.35. The summed E-state index contributed by atoms with van der Waals surface area (Å²) in [5, 5.41) is 4.64. The Morgan fingerprint density at radius 2 is 1.85 bits per heavy atom. The van der Waals surface area contributed by atoms with Gasteiger partial charge in [-0.2, -0.15) is 0 Å². The Bertz CT molecular complexity index is 1440. The minimum atomic E-state index is -0.551. The number of hydrogen-bond acceptors (Lipinski definition) is 5.